The zero-order valence-electron chi connectivity index (χ0n) is 30.4. The second kappa shape index (κ2) is 13.1. The number of rotatable bonds is 6. The lowest BCUT2D eigenvalue weighted by atomic mass is 10.0. The summed E-state index contributed by atoms with van der Waals surface area (Å²) in [5, 5.41) is 4.80. The molecule has 0 aliphatic carbocycles. The van der Waals surface area contributed by atoms with Gasteiger partial charge >= 0.3 is 0 Å². The number of aromatic nitrogens is 4. The third-order valence-electron chi connectivity index (χ3n) is 11.0. The Hall–Kier alpha value is -7.56. The molecule has 0 N–H and O–H groups in total. The van der Waals surface area contributed by atoms with E-state index in [4.69, 9.17) is 9.97 Å². The SMILES string of the molecule is c1ccc(-c2ccc(-c3cc(-c4ccc(-c5ccccc5)cc4)nc(-n4c5ccccc5c5c6c7ccccc7n(-c7ccccc7)c6ccc54)n3)cc2)cc1. The molecule has 0 aliphatic heterocycles. The maximum atomic E-state index is 5.38. The number of benzene rings is 8. The van der Waals surface area contributed by atoms with E-state index >= 15 is 0 Å². The third-order valence-corrected chi connectivity index (χ3v) is 11.0. The Morgan fingerprint density at radius 3 is 1.16 bits per heavy atom. The summed E-state index contributed by atoms with van der Waals surface area (Å²) in [6.45, 7) is 0. The zero-order chi connectivity index (χ0) is 37.0. The van der Waals surface area contributed by atoms with E-state index in [0.29, 0.717) is 5.95 Å². The first-order valence-electron chi connectivity index (χ1n) is 19.0. The van der Waals surface area contributed by atoms with Crippen molar-refractivity contribution in [1.82, 2.24) is 19.1 Å². The molecule has 56 heavy (non-hydrogen) atoms. The van der Waals surface area contributed by atoms with Crippen molar-refractivity contribution in [3.63, 3.8) is 0 Å². The monoisotopic (exact) mass is 714 g/mol. The molecule has 0 fully saturated rings. The van der Waals surface area contributed by atoms with Gasteiger partial charge in [-0.1, -0.05) is 164 Å². The summed E-state index contributed by atoms with van der Waals surface area (Å²) in [7, 11) is 0. The fourth-order valence-corrected chi connectivity index (χ4v) is 8.35. The maximum absolute atomic E-state index is 5.38. The van der Waals surface area contributed by atoms with Crippen LogP contribution in [0.2, 0.25) is 0 Å². The highest BCUT2D eigenvalue weighted by Crippen LogP contribution is 2.42. The molecule has 8 aromatic carbocycles. The van der Waals surface area contributed by atoms with Gasteiger partial charge in [-0.05, 0) is 64.7 Å². The van der Waals surface area contributed by atoms with Crippen molar-refractivity contribution in [2.45, 2.75) is 0 Å². The van der Waals surface area contributed by atoms with Crippen molar-refractivity contribution in [1.29, 1.82) is 0 Å². The topological polar surface area (TPSA) is 35.6 Å². The predicted octanol–water partition coefficient (Wildman–Crippen LogP) is 13.3. The molecule has 3 heterocycles. The molecule has 0 bridgehead atoms. The van der Waals surface area contributed by atoms with Crippen LogP contribution in [0.1, 0.15) is 0 Å². The van der Waals surface area contributed by atoms with Gasteiger partial charge in [0.25, 0.3) is 0 Å². The van der Waals surface area contributed by atoms with E-state index in [1.807, 2.05) is 0 Å². The van der Waals surface area contributed by atoms with E-state index in [2.05, 4.69) is 215 Å². The van der Waals surface area contributed by atoms with E-state index in [-0.39, 0.29) is 0 Å². The van der Waals surface area contributed by atoms with Crippen LogP contribution in [0.25, 0.3) is 100 Å². The van der Waals surface area contributed by atoms with Crippen LogP contribution in [0, 0.1) is 0 Å². The quantitative estimate of drug-likeness (QED) is 0.172. The highest BCUT2D eigenvalue weighted by molar-refractivity contribution is 6.28. The minimum absolute atomic E-state index is 0.633. The molecule has 0 radical (unpaired) electrons. The van der Waals surface area contributed by atoms with Crippen LogP contribution in [0.4, 0.5) is 0 Å². The summed E-state index contributed by atoms with van der Waals surface area (Å²) in [4.78, 5) is 10.8. The second-order valence-electron chi connectivity index (χ2n) is 14.2. The molecule has 4 nitrogen and oxygen atoms in total. The Bertz CT molecular complexity index is 3100. The summed E-state index contributed by atoms with van der Waals surface area (Å²) in [6, 6.07) is 73.1. The van der Waals surface area contributed by atoms with E-state index in [0.717, 1.165) is 39.2 Å². The van der Waals surface area contributed by atoms with Crippen LogP contribution in [0.5, 0.6) is 0 Å². The largest absolute Gasteiger partial charge is 0.309 e. The highest BCUT2D eigenvalue weighted by atomic mass is 15.2. The predicted molar refractivity (Wildman–Crippen MR) is 232 cm³/mol. The van der Waals surface area contributed by atoms with Gasteiger partial charge < -0.3 is 4.57 Å². The number of fused-ring (bicyclic) bond motifs is 7. The molecule has 3 aromatic heterocycles. The average Bonchev–Trinajstić information content (AvgIpc) is 3.80. The van der Waals surface area contributed by atoms with Crippen LogP contribution >= 0.6 is 0 Å². The Labute approximate surface area is 324 Å². The Morgan fingerprint density at radius 2 is 0.661 bits per heavy atom. The summed E-state index contributed by atoms with van der Waals surface area (Å²) >= 11 is 0. The minimum Gasteiger partial charge on any atom is -0.309 e. The minimum atomic E-state index is 0.633. The van der Waals surface area contributed by atoms with Gasteiger partial charge in [-0.3, -0.25) is 4.57 Å². The van der Waals surface area contributed by atoms with Crippen molar-refractivity contribution in [3.05, 3.63) is 206 Å². The van der Waals surface area contributed by atoms with Crippen molar-refractivity contribution in [2.24, 2.45) is 0 Å². The fourth-order valence-electron chi connectivity index (χ4n) is 8.35. The molecule has 0 aliphatic rings. The molecule has 0 unspecified atom stereocenters. The number of hydrogen-bond acceptors (Lipinski definition) is 2. The molecule has 0 atom stereocenters. The summed E-state index contributed by atoms with van der Waals surface area (Å²) < 4.78 is 4.63. The molecule has 11 rings (SSSR count). The fraction of sp³-hybridized carbons (Fsp3) is 0. The van der Waals surface area contributed by atoms with Gasteiger partial charge in [0.2, 0.25) is 5.95 Å². The first-order chi connectivity index (χ1) is 27.8. The normalized spacial score (nSPS) is 11.6. The highest BCUT2D eigenvalue weighted by Gasteiger charge is 2.22. The molecule has 11 aromatic rings. The summed E-state index contributed by atoms with van der Waals surface area (Å²) in [5.74, 6) is 0.633. The first kappa shape index (κ1) is 31.9. The Morgan fingerprint density at radius 1 is 0.286 bits per heavy atom. The van der Waals surface area contributed by atoms with Crippen molar-refractivity contribution in [2.75, 3.05) is 0 Å². The van der Waals surface area contributed by atoms with Gasteiger partial charge in [0.1, 0.15) is 0 Å². The Kier molecular flexibility index (Phi) is 7.46. The van der Waals surface area contributed by atoms with Gasteiger partial charge in [0, 0.05) is 38.4 Å². The third kappa shape index (κ3) is 5.23. The lowest BCUT2D eigenvalue weighted by Gasteiger charge is -2.13. The van der Waals surface area contributed by atoms with E-state index in [1.54, 1.807) is 0 Å². The van der Waals surface area contributed by atoms with Gasteiger partial charge in [0.05, 0.1) is 33.5 Å². The standard InChI is InChI=1S/C52H34N4/c1-4-14-35(15-5-1)37-24-28-39(29-25-37)44-34-45(40-30-26-38(27-31-40)36-16-6-2-7-17-36)54-52(53-44)56-47-23-13-11-21-43(47)51-49(56)33-32-48-50(51)42-20-10-12-22-46(42)55(48)41-18-8-3-9-19-41/h1-34H. The Balaban J connectivity index is 1.16. The molecular weight excluding hydrogens is 681 g/mol. The molecule has 0 saturated carbocycles. The lowest BCUT2D eigenvalue weighted by Crippen LogP contribution is -2.04. The van der Waals surface area contributed by atoms with Crippen LogP contribution in [0.15, 0.2) is 206 Å². The number of hydrogen-bond donors (Lipinski definition) is 0. The number of nitrogens with zero attached hydrogens (tertiary/aromatic N) is 4. The molecule has 0 saturated heterocycles. The van der Waals surface area contributed by atoms with Crippen LogP contribution in [-0.4, -0.2) is 19.1 Å². The van der Waals surface area contributed by atoms with E-state index in [9.17, 15) is 0 Å². The van der Waals surface area contributed by atoms with Crippen LogP contribution in [0.3, 0.4) is 0 Å². The molecule has 262 valence electrons. The summed E-state index contributed by atoms with van der Waals surface area (Å²) in [6.07, 6.45) is 0. The first-order valence-corrected chi connectivity index (χ1v) is 19.0. The van der Waals surface area contributed by atoms with E-state index < -0.39 is 0 Å². The lowest BCUT2D eigenvalue weighted by molar-refractivity contribution is 0.996. The van der Waals surface area contributed by atoms with Crippen LogP contribution < -0.4 is 0 Å². The van der Waals surface area contributed by atoms with Crippen molar-refractivity contribution >= 4 is 43.6 Å². The number of para-hydroxylation sites is 3. The van der Waals surface area contributed by atoms with Crippen molar-refractivity contribution < 1.29 is 0 Å². The van der Waals surface area contributed by atoms with Crippen molar-refractivity contribution in [3.8, 4) is 56.4 Å². The second-order valence-corrected chi connectivity index (χ2v) is 14.2. The molecular formula is C52H34N4. The molecule has 0 amide bonds. The van der Waals surface area contributed by atoms with Gasteiger partial charge in [-0.25, -0.2) is 9.97 Å². The van der Waals surface area contributed by atoms with Crippen LogP contribution in [-0.2, 0) is 0 Å². The summed E-state index contributed by atoms with van der Waals surface area (Å²) in [5.41, 5.74) is 14.1. The van der Waals surface area contributed by atoms with Gasteiger partial charge in [-0.15, -0.1) is 0 Å². The molecule has 4 heteroatoms. The zero-order valence-corrected chi connectivity index (χ0v) is 30.4. The van der Waals surface area contributed by atoms with Gasteiger partial charge in [-0.2, -0.15) is 0 Å². The van der Waals surface area contributed by atoms with Gasteiger partial charge in [0.15, 0.2) is 0 Å². The maximum Gasteiger partial charge on any atom is 0.235 e. The average molecular weight is 715 g/mol. The van der Waals surface area contributed by atoms with E-state index in [1.165, 1.54) is 54.8 Å². The molecule has 0 spiro atoms. The smallest absolute Gasteiger partial charge is 0.235 e.